The minimum Gasteiger partial charge on any atom is -0.309 e. The lowest BCUT2D eigenvalue weighted by atomic mass is 10.1. The summed E-state index contributed by atoms with van der Waals surface area (Å²) in [6.45, 7) is 6.70. The molecule has 0 radical (unpaired) electrons. The van der Waals surface area contributed by atoms with E-state index in [1.165, 1.54) is 0 Å². The van der Waals surface area contributed by atoms with E-state index in [1.54, 1.807) is 6.92 Å². The highest BCUT2D eigenvalue weighted by Gasteiger charge is 2.22. The Balaban J connectivity index is 2.22. The van der Waals surface area contributed by atoms with Crippen molar-refractivity contribution in [1.29, 1.82) is 0 Å². The lowest BCUT2D eigenvalue weighted by Gasteiger charge is -2.26. The number of hydrogen-bond donors (Lipinski definition) is 0. The molecule has 0 aromatic heterocycles. The van der Waals surface area contributed by atoms with Crippen LogP contribution in [-0.2, 0) is 18.4 Å². The van der Waals surface area contributed by atoms with Gasteiger partial charge in [-0.1, -0.05) is 6.92 Å². The molecule has 1 fully saturated rings. The van der Waals surface area contributed by atoms with Gasteiger partial charge >= 0.3 is 7.60 Å². The van der Waals surface area contributed by atoms with E-state index in [0.717, 1.165) is 13.1 Å². The molecule has 1 aliphatic heterocycles. The molecule has 0 amide bonds. The summed E-state index contributed by atoms with van der Waals surface area (Å²) in [4.78, 5) is 13.2. The zero-order valence-corrected chi connectivity index (χ0v) is 11.6. The molecule has 1 rings (SSSR count). The third-order valence-corrected chi connectivity index (χ3v) is 4.82. The van der Waals surface area contributed by atoms with Crippen LogP contribution in [-0.4, -0.2) is 49.7 Å². The molecule has 0 N–H and O–H groups in total. The maximum Gasteiger partial charge on any atom is 0.330 e. The maximum absolute atomic E-state index is 12.0. The van der Waals surface area contributed by atoms with Gasteiger partial charge in [0.25, 0.3) is 0 Å². The molecule has 5 nitrogen and oxygen atoms in total. The summed E-state index contributed by atoms with van der Waals surface area (Å²) in [7, 11) is -2.87. The standard InChI is InChI=1S/C11H22NO4P/c1-3-15-17(14,4-2)16-10-9-12-7-5-11(13)6-8-12/h3-10H2,1-2H3. The van der Waals surface area contributed by atoms with Gasteiger partial charge in [0.1, 0.15) is 5.78 Å². The van der Waals surface area contributed by atoms with Crippen LogP contribution in [0.25, 0.3) is 0 Å². The number of ketones is 1. The molecule has 1 saturated heterocycles. The first-order valence-corrected chi connectivity index (χ1v) is 7.94. The summed E-state index contributed by atoms with van der Waals surface area (Å²) in [5.74, 6) is 0.329. The number of Topliss-reactive ketones (excluding diaryl/α,β-unsaturated/α-hetero) is 1. The average Bonchev–Trinajstić information content (AvgIpc) is 2.32. The van der Waals surface area contributed by atoms with E-state index < -0.39 is 7.60 Å². The Hall–Kier alpha value is -0.220. The van der Waals surface area contributed by atoms with Crippen molar-refractivity contribution in [2.75, 3.05) is 39.0 Å². The number of likely N-dealkylation sites (tertiary alicyclic amines) is 1. The highest BCUT2D eigenvalue weighted by Crippen LogP contribution is 2.47. The fraction of sp³-hybridized carbons (Fsp3) is 0.909. The van der Waals surface area contributed by atoms with Crippen LogP contribution >= 0.6 is 7.60 Å². The van der Waals surface area contributed by atoms with E-state index >= 15 is 0 Å². The molecule has 0 aromatic carbocycles. The van der Waals surface area contributed by atoms with Gasteiger partial charge in [-0.05, 0) is 6.92 Å². The summed E-state index contributed by atoms with van der Waals surface area (Å²) in [5.41, 5.74) is 0. The van der Waals surface area contributed by atoms with Crippen molar-refractivity contribution < 1.29 is 18.4 Å². The number of rotatable bonds is 7. The molecule has 100 valence electrons. The van der Waals surface area contributed by atoms with Gasteiger partial charge in [-0.25, -0.2) is 0 Å². The fourth-order valence-corrected chi connectivity index (χ4v) is 2.94. The molecule has 0 spiro atoms. The van der Waals surface area contributed by atoms with E-state index in [4.69, 9.17) is 9.05 Å². The molecule has 0 saturated carbocycles. The van der Waals surface area contributed by atoms with Crippen molar-refractivity contribution in [3.8, 4) is 0 Å². The van der Waals surface area contributed by atoms with Gasteiger partial charge in [0.15, 0.2) is 0 Å². The second kappa shape index (κ2) is 7.27. The number of piperidine rings is 1. The average molecular weight is 263 g/mol. The topological polar surface area (TPSA) is 55.8 Å². The van der Waals surface area contributed by atoms with E-state index in [9.17, 15) is 9.36 Å². The minimum atomic E-state index is -2.87. The molecule has 1 aliphatic rings. The largest absolute Gasteiger partial charge is 0.330 e. The second-order valence-electron chi connectivity index (χ2n) is 4.06. The maximum atomic E-state index is 12.0. The predicted molar refractivity (Wildman–Crippen MR) is 66.4 cm³/mol. The van der Waals surface area contributed by atoms with Gasteiger partial charge in [0.2, 0.25) is 0 Å². The van der Waals surface area contributed by atoms with Crippen LogP contribution < -0.4 is 0 Å². The molecule has 1 unspecified atom stereocenters. The zero-order valence-electron chi connectivity index (χ0n) is 10.7. The first kappa shape index (κ1) is 14.8. The Bertz CT molecular complexity index is 285. The number of carbonyl (C=O) groups is 1. The molecule has 17 heavy (non-hydrogen) atoms. The van der Waals surface area contributed by atoms with Crippen molar-refractivity contribution in [3.05, 3.63) is 0 Å². The smallest absolute Gasteiger partial charge is 0.309 e. The van der Waals surface area contributed by atoms with E-state index in [1.807, 2.05) is 6.92 Å². The van der Waals surface area contributed by atoms with Crippen molar-refractivity contribution in [1.82, 2.24) is 4.90 Å². The zero-order chi connectivity index (χ0) is 12.7. The van der Waals surface area contributed by atoms with Crippen LogP contribution in [0, 0.1) is 0 Å². The molecule has 1 heterocycles. The van der Waals surface area contributed by atoms with Crippen LogP contribution in [0.5, 0.6) is 0 Å². The van der Waals surface area contributed by atoms with Gasteiger partial charge < -0.3 is 13.9 Å². The third kappa shape index (κ3) is 5.30. The quantitative estimate of drug-likeness (QED) is 0.657. The lowest BCUT2D eigenvalue weighted by Crippen LogP contribution is -2.36. The van der Waals surface area contributed by atoms with Crippen molar-refractivity contribution in [3.63, 3.8) is 0 Å². The first-order chi connectivity index (χ1) is 8.09. The van der Waals surface area contributed by atoms with Gasteiger partial charge in [-0.2, -0.15) is 0 Å². The second-order valence-corrected chi connectivity index (χ2v) is 6.43. The van der Waals surface area contributed by atoms with Gasteiger partial charge in [0, 0.05) is 38.6 Å². The Morgan fingerprint density at radius 1 is 1.24 bits per heavy atom. The number of hydrogen-bond acceptors (Lipinski definition) is 5. The monoisotopic (exact) mass is 263 g/mol. The summed E-state index contributed by atoms with van der Waals surface area (Å²) < 4.78 is 22.5. The van der Waals surface area contributed by atoms with Crippen LogP contribution in [0.4, 0.5) is 0 Å². The SMILES string of the molecule is CCOP(=O)(CC)OCCN1CCC(=O)CC1. The molecule has 0 aromatic rings. The van der Waals surface area contributed by atoms with Crippen LogP contribution in [0.3, 0.4) is 0 Å². The van der Waals surface area contributed by atoms with Crippen molar-refractivity contribution in [2.24, 2.45) is 0 Å². The third-order valence-electron chi connectivity index (χ3n) is 2.82. The molecular formula is C11H22NO4P. The molecular weight excluding hydrogens is 241 g/mol. The van der Waals surface area contributed by atoms with Crippen LogP contribution in [0.15, 0.2) is 0 Å². The van der Waals surface area contributed by atoms with E-state index in [0.29, 0.717) is 44.5 Å². The summed E-state index contributed by atoms with van der Waals surface area (Å²) in [6, 6.07) is 0. The molecule has 0 aliphatic carbocycles. The Morgan fingerprint density at radius 3 is 2.41 bits per heavy atom. The van der Waals surface area contributed by atoms with Crippen LogP contribution in [0.2, 0.25) is 0 Å². The Morgan fingerprint density at radius 2 is 1.88 bits per heavy atom. The Labute approximate surface area is 103 Å². The van der Waals surface area contributed by atoms with Gasteiger partial charge in [0.05, 0.1) is 13.2 Å². The fourth-order valence-electron chi connectivity index (χ4n) is 1.75. The van der Waals surface area contributed by atoms with Gasteiger partial charge in [-0.3, -0.25) is 9.36 Å². The number of nitrogens with zero attached hydrogens (tertiary/aromatic N) is 1. The predicted octanol–water partition coefficient (Wildman–Crippen LogP) is 1.92. The summed E-state index contributed by atoms with van der Waals surface area (Å²) >= 11 is 0. The molecule has 6 heteroatoms. The highest BCUT2D eigenvalue weighted by molar-refractivity contribution is 7.53. The lowest BCUT2D eigenvalue weighted by molar-refractivity contribution is -0.121. The van der Waals surface area contributed by atoms with E-state index in [2.05, 4.69) is 4.90 Å². The summed E-state index contributed by atoms with van der Waals surface area (Å²) in [6.07, 6.45) is 1.65. The van der Waals surface area contributed by atoms with Crippen molar-refractivity contribution >= 4 is 13.4 Å². The molecule has 1 atom stereocenters. The van der Waals surface area contributed by atoms with Crippen LogP contribution in [0.1, 0.15) is 26.7 Å². The number of carbonyl (C=O) groups excluding carboxylic acids is 1. The Kier molecular flexibility index (Phi) is 6.34. The van der Waals surface area contributed by atoms with E-state index in [-0.39, 0.29) is 0 Å². The minimum absolute atomic E-state index is 0.329. The highest BCUT2D eigenvalue weighted by atomic mass is 31.2. The molecule has 0 bridgehead atoms. The normalized spacial score (nSPS) is 21.4. The van der Waals surface area contributed by atoms with Crippen molar-refractivity contribution in [2.45, 2.75) is 26.7 Å². The van der Waals surface area contributed by atoms with Gasteiger partial charge in [-0.15, -0.1) is 0 Å². The first-order valence-electron chi connectivity index (χ1n) is 6.22. The summed E-state index contributed by atoms with van der Waals surface area (Å²) in [5, 5.41) is 0.